The number of benzene rings is 1. The summed E-state index contributed by atoms with van der Waals surface area (Å²) in [6.45, 7) is 3.90. The van der Waals surface area contributed by atoms with Gasteiger partial charge in [-0.15, -0.1) is 0 Å². The van der Waals surface area contributed by atoms with Crippen LogP contribution in [0.4, 0.5) is 0 Å². The van der Waals surface area contributed by atoms with Gasteiger partial charge in [-0.05, 0) is 31.9 Å². The molecule has 1 fully saturated rings. The standard InChI is InChI=1S/C19H21N3O2/c1-14-20-8-10-22(14)17-6-4-9-21(12-17)19(23)16-11-15-5-2-3-7-18(15)24-13-16/h2-3,5,7-8,10-11,17H,4,6,9,12-13H2,1H3/t17-/m0/s1. The number of aromatic nitrogens is 2. The largest absolute Gasteiger partial charge is 0.488 e. The summed E-state index contributed by atoms with van der Waals surface area (Å²) in [5, 5.41) is 0. The van der Waals surface area contributed by atoms with Crippen molar-refractivity contribution < 1.29 is 9.53 Å². The minimum absolute atomic E-state index is 0.0898. The van der Waals surface area contributed by atoms with E-state index in [4.69, 9.17) is 4.74 Å². The number of nitrogens with zero attached hydrogens (tertiary/aromatic N) is 3. The summed E-state index contributed by atoms with van der Waals surface area (Å²) in [4.78, 5) is 19.2. The molecule has 124 valence electrons. The van der Waals surface area contributed by atoms with Gasteiger partial charge >= 0.3 is 0 Å². The number of piperidine rings is 1. The van der Waals surface area contributed by atoms with E-state index in [1.54, 1.807) is 0 Å². The smallest absolute Gasteiger partial charge is 0.253 e. The molecule has 4 rings (SSSR count). The van der Waals surface area contributed by atoms with Crippen LogP contribution in [0.3, 0.4) is 0 Å². The molecule has 0 bridgehead atoms. The van der Waals surface area contributed by atoms with Crippen molar-refractivity contribution in [2.24, 2.45) is 0 Å². The van der Waals surface area contributed by atoms with Crippen LogP contribution in [0, 0.1) is 6.92 Å². The van der Waals surface area contributed by atoms with Crippen molar-refractivity contribution in [3.8, 4) is 5.75 Å². The fraction of sp³-hybridized carbons (Fsp3) is 0.368. The predicted molar refractivity (Wildman–Crippen MR) is 91.7 cm³/mol. The van der Waals surface area contributed by atoms with E-state index in [0.29, 0.717) is 12.6 Å². The lowest BCUT2D eigenvalue weighted by molar-refractivity contribution is -0.129. The lowest BCUT2D eigenvalue weighted by Gasteiger charge is -2.34. The number of aryl methyl sites for hydroxylation is 1. The van der Waals surface area contributed by atoms with E-state index >= 15 is 0 Å². The molecule has 0 spiro atoms. The number of hydrogen-bond acceptors (Lipinski definition) is 3. The molecule has 2 aliphatic heterocycles. The second-order valence-electron chi connectivity index (χ2n) is 6.43. The summed E-state index contributed by atoms with van der Waals surface area (Å²) in [6, 6.07) is 8.14. The van der Waals surface area contributed by atoms with Crippen molar-refractivity contribution >= 4 is 12.0 Å². The normalized spacial score (nSPS) is 20.1. The average Bonchev–Trinajstić information content (AvgIpc) is 3.07. The molecular weight excluding hydrogens is 302 g/mol. The summed E-state index contributed by atoms with van der Waals surface area (Å²) in [7, 11) is 0. The molecule has 3 heterocycles. The first-order chi connectivity index (χ1) is 11.7. The Kier molecular flexibility index (Phi) is 3.84. The zero-order valence-corrected chi connectivity index (χ0v) is 13.8. The van der Waals surface area contributed by atoms with Crippen LogP contribution >= 0.6 is 0 Å². The van der Waals surface area contributed by atoms with Gasteiger partial charge in [-0.25, -0.2) is 4.98 Å². The maximum Gasteiger partial charge on any atom is 0.253 e. The molecule has 2 aromatic rings. The highest BCUT2D eigenvalue weighted by atomic mass is 16.5. The number of imidazole rings is 1. The molecule has 1 saturated heterocycles. The van der Waals surface area contributed by atoms with Crippen LogP contribution in [0.15, 0.2) is 42.2 Å². The fourth-order valence-corrected chi connectivity index (χ4v) is 3.58. The molecule has 2 aliphatic rings. The van der Waals surface area contributed by atoms with Crippen LogP contribution in [0.25, 0.3) is 6.08 Å². The van der Waals surface area contributed by atoms with Gasteiger partial charge in [0.1, 0.15) is 18.2 Å². The monoisotopic (exact) mass is 323 g/mol. The minimum Gasteiger partial charge on any atom is -0.488 e. The molecule has 0 unspecified atom stereocenters. The third-order valence-electron chi connectivity index (χ3n) is 4.85. The van der Waals surface area contributed by atoms with Crippen molar-refractivity contribution in [1.29, 1.82) is 0 Å². The number of para-hydroxylation sites is 1. The molecule has 1 aromatic heterocycles. The fourth-order valence-electron chi connectivity index (χ4n) is 3.58. The lowest BCUT2D eigenvalue weighted by atomic mass is 10.0. The molecule has 1 amide bonds. The first kappa shape index (κ1) is 15.0. The Balaban J connectivity index is 1.53. The highest BCUT2D eigenvalue weighted by Crippen LogP contribution is 2.28. The van der Waals surface area contributed by atoms with Gasteiger partial charge in [-0.3, -0.25) is 4.79 Å². The Morgan fingerprint density at radius 1 is 1.33 bits per heavy atom. The Labute approximate surface area is 141 Å². The number of carbonyl (C=O) groups is 1. The SMILES string of the molecule is Cc1nccn1[C@H]1CCCN(C(=O)C2=Cc3ccccc3OC2)C1. The predicted octanol–water partition coefficient (Wildman–Crippen LogP) is 2.83. The molecular formula is C19H21N3O2. The van der Waals surface area contributed by atoms with Crippen LogP contribution in [0.1, 0.15) is 30.3 Å². The molecule has 5 nitrogen and oxygen atoms in total. The average molecular weight is 323 g/mol. The third-order valence-corrected chi connectivity index (χ3v) is 4.85. The highest BCUT2D eigenvalue weighted by molar-refractivity contribution is 5.99. The summed E-state index contributed by atoms with van der Waals surface area (Å²) >= 11 is 0. The zero-order valence-electron chi connectivity index (χ0n) is 13.8. The summed E-state index contributed by atoms with van der Waals surface area (Å²) < 4.78 is 7.92. The van der Waals surface area contributed by atoms with Crippen LogP contribution in [-0.2, 0) is 4.79 Å². The molecule has 1 atom stereocenters. The Morgan fingerprint density at radius 3 is 3.04 bits per heavy atom. The summed E-state index contributed by atoms with van der Waals surface area (Å²) in [5.41, 5.74) is 1.71. The number of fused-ring (bicyclic) bond motifs is 1. The van der Waals surface area contributed by atoms with Gasteiger partial charge in [0, 0.05) is 31.0 Å². The van der Waals surface area contributed by atoms with E-state index < -0.39 is 0 Å². The van der Waals surface area contributed by atoms with E-state index in [1.165, 1.54) is 0 Å². The Morgan fingerprint density at radius 2 is 2.21 bits per heavy atom. The number of ether oxygens (including phenoxy) is 1. The number of carbonyl (C=O) groups excluding carboxylic acids is 1. The first-order valence-corrected chi connectivity index (χ1v) is 8.43. The van der Waals surface area contributed by atoms with Gasteiger partial charge in [0.05, 0.1) is 11.6 Å². The molecule has 1 aromatic carbocycles. The Bertz CT molecular complexity index is 793. The topological polar surface area (TPSA) is 47.4 Å². The summed E-state index contributed by atoms with van der Waals surface area (Å²) in [6.07, 6.45) is 7.89. The second-order valence-corrected chi connectivity index (χ2v) is 6.43. The van der Waals surface area contributed by atoms with E-state index in [-0.39, 0.29) is 5.91 Å². The highest BCUT2D eigenvalue weighted by Gasteiger charge is 2.28. The number of likely N-dealkylation sites (tertiary alicyclic amines) is 1. The van der Waals surface area contributed by atoms with Gasteiger partial charge in [-0.2, -0.15) is 0 Å². The van der Waals surface area contributed by atoms with Crippen LogP contribution in [0.2, 0.25) is 0 Å². The van der Waals surface area contributed by atoms with Crippen LogP contribution in [-0.4, -0.2) is 40.1 Å². The molecule has 0 N–H and O–H groups in total. The van der Waals surface area contributed by atoms with Crippen LogP contribution in [0.5, 0.6) is 5.75 Å². The van der Waals surface area contributed by atoms with E-state index in [0.717, 1.165) is 48.6 Å². The van der Waals surface area contributed by atoms with Gasteiger partial charge < -0.3 is 14.2 Å². The number of rotatable bonds is 2. The molecule has 0 aliphatic carbocycles. The molecule has 0 saturated carbocycles. The van der Waals surface area contributed by atoms with Gasteiger partial charge in [0.15, 0.2) is 0 Å². The van der Waals surface area contributed by atoms with Gasteiger partial charge in [-0.1, -0.05) is 18.2 Å². The number of amides is 1. The quantitative estimate of drug-likeness (QED) is 0.854. The second kappa shape index (κ2) is 6.15. The first-order valence-electron chi connectivity index (χ1n) is 8.43. The minimum atomic E-state index is 0.0898. The van der Waals surface area contributed by atoms with E-state index in [2.05, 4.69) is 9.55 Å². The third kappa shape index (κ3) is 2.70. The van der Waals surface area contributed by atoms with Crippen molar-refractivity contribution in [2.45, 2.75) is 25.8 Å². The number of hydrogen-bond donors (Lipinski definition) is 0. The van der Waals surface area contributed by atoms with Gasteiger partial charge in [0.2, 0.25) is 0 Å². The Hall–Kier alpha value is -2.56. The van der Waals surface area contributed by atoms with Crippen molar-refractivity contribution in [1.82, 2.24) is 14.5 Å². The maximum absolute atomic E-state index is 12.9. The lowest BCUT2D eigenvalue weighted by Crippen LogP contribution is -2.42. The van der Waals surface area contributed by atoms with Gasteiger partial charge in [0.25, 0.3) is 5.91 Å². The van der Waals surface area contributed by atoms with Crippen molar-refractivity contribution in [3.05, 3.63) is 53.6 Å². The molecule has 0 radical (unpaired) electrons. The molecule has 24 heavy (non-hydrogen) atoms. The van der Waals surface area contributed by atoms with Crippen LogP contribution < -0.4 is 4.74 Å². The van der Waals surface area contributed by atoms with Crippen molar-refractivity contribution in [3.63, 3.8) is 0 Å². The zero-order chi connectivity index (χ0) is 16.5. The molecule has 5 heteroatoms. The van der Waals surface area contributed by atoms with E-state index in [1.807, 2.05) is 54.6 Å². The summed E-state index contributed by atoms with van der Waals surface area (Å²) in [5.74, 6) is 1.94. The van der Waals surface area contributed by atoms with E-state index in [9.17, 15) is 4.79 Å². The maximum atomic E-state index is 12.9. The van der Waals surface area contributed by atoms with Crippen molar-refractivity contribution in [2.75, 3.05) is 19.7 Å².